The van der Waals surface area contributed by atoms with Gasteiger partial charge in [0.15, 0.2) is 0 Å². The standard InChI is InChI=1S/C21H19ClN2O3S/c1-13(2)15-9-7-14(8-10-15)11-18-20(26)24(21(27)28-18)12-19(25)23-17-6-4-3-5-16(17)22/h3-11,13H,12H2,1-2H3,(H,23,25)/b18-11+. The summed E-state index contributed by atoms with van der Waals surface area (Å²) in [6.07, 6.45) is 1.67. The number of imide groups is 1. The van der Waals surface area contributed by atoms with Gasteiger partial charge >= 0.3 is 0 Å². The first-order valence-corrected chi connectivity index (χ1v) is 9.94. The van der Waals surface area contributed by atoms with E-state index in [1.54, 1.807) is 30.3 Å². The van der Waals surface area contributed by atoms with Gasteiger partial charge < -0.3 is 5.32 Å². The Morgan fingerprint density at radius 2 is 1.82 bits per heavy atom. The van der Waals surface area contributed by atoms with Crippen molar-refractivity contribution in [2.75, 3.05) is 11.9 Å². The topological polar surface area (TPSA) is 66.5 Å². The van der Waals surface area contributed by atoms with Crippen molar-refractivity contribution in [2.24, 2.45) is 0 Å². The summed E-state index contributed by atoms with van der Waals surface area (Å²) in [4.78, 5) is 38.2. The van der Waals surface area contributed by atoms with Crippen molar-refractivity contribution in [3.63, 3.8) is 0 Å². The second-order valence-corrected chi connectivity index (χ2v) is 8.02. The summed E-state index contributed by atoms with van der Waals surface area (Å²) in [6.45, 7) is 3.85. The number of anilines is 1. The number of nitrogens with zero attached hydrogens (tertiary/aromatic N) is 1. The van der Waals surface area contributed by atoms with Gasteiger partial charge in [-0.25, -0.2) is 0 Å². The van der Waals surface area contributed by atoms with Crippen LogP contribution in [-0.4, -0.2) is 28.5 Å². The minimum Gasteiger partial charge on any atom is -0.323 e. The van der Waals surface area contributed by atoms with Crippen LogP contribution in [-0.2, 0) is 9.59 Å². The van der Waals surface area contributed by atoms with Crippen molar-refractivity contribution in [2.45, 2.75) is 19.8 Å². The van der Waals surface area contributed by atoms with Crippen molar-refractivity contribution in [1.29, 1.82) is 0 Å². The third-order valence-electron chi connectivity index (χ3n) is 4.22. The van der Waals surface area contributed by atoms with Gasteiger partial charge in [-0.2, -0.15) is 0 Å². The molecule has 0 spiro atoms. The molecule has 1 aliphatic rings. The number of halogens is 1. The van der Waals surface area contributed by atoms with Gasteiger partial charge in [-0.15, -0.1) is 0 Å². The summed E-state index contributed by atoms with van der Waals surface area (Å²) < 4.78 is 0. The van der Waals surface area contributed by atoms with Gasteiger partial charge in [0.25, 0.3) is 11.1 Å². The molecule has 3 rings (SSSR count). The number of nitrogens with one attached hydrogen (secondary N) is 1. The summed E-state index contributed by atoms with van der Waals surface area (Å²) in [5.74, 6) is -0.548. The van der Waals surface area contributed by atoms with E-state index < -0.39 is 17.1 Å². The SMILES string of the molecule is CC(C)c1ccc(/C=C2/SC(=O)N(CC(=O)Nc3ccccc3Cl)C2=O)cc1. The average molecular weight is 415 g/mol. The molecule has 1 heterocycles. The third-order valence-corrected chi connectivity index (χ3v) is 5.46. The van der Waals surface area contributed by atoms with Crippen molar-refractivity contribution in [3.05, 3.63) is 69.6 Å². The Hall–Kier alpha value is -2.57. The van der Waals surface area contributed by atoms with E-state index in [1.807, 2.05) is 24.3 Å². The molecule has 0 aromatic heterocycles. The van der Waals surface area contributed by atoms with Crippen molar-refractivity contribution >= 4 is 52.2 Å². The molecular formula is C21H19ClN2O3S. The molecule has 0 unspecified atom stereocenters. The largest absolute Gasteiger partial charge is 0.323 e. The Balaban J connectivity index is 1.69. The smallest absolute Gasteiger partial charge is 0.294 e. The Kier molecular flexibility index (Phi) is 6.21. The first kappa shape index (κ1) is 20.2. The van der Waals surface area contributed by atoms with E-state index in [0.29, 0.717) is 21.5 Å². The molecule has 1 aliphatic heterocycles. The lowest BCUT2D eigenvalue weighted by molar-refractivity contribution is -0.127. The van der Waals surface area contributed by atoms with E-state index in [-0.39, 0.29) is 6.54 Å². The second-order valence-electron chi connectivity index (χ2n) is 6.62. The van der Waals surface area contributed by atoms with Gasteiger partial charge in [-0.3, -0.25) is 19.3 Å². The molecule has 1 saturated heterocycles. The number of carbonyl (C=O) groups is 3. The molecule has 1 fully saturated rings. The van der Waals surface area contributed by atoms with Crippen LogP contribution in [0.1, 0.15) is 30.9 Å². The first-order chi connectivity index (χ1) is 13.3. The summed E-state index contributed by atoms with van der Waals surface area (Å²) >= 11 is 6.84. The van der Waals surface area contributed by atoms with Crippen LogP contribution < -0.4 is 5.32 Å². The molecule has 0 aliphatic carbocycles. The van der Waals surface area contributed by atoms with Crippen LogP contribution in [0.3, 0.4) is 0 Å². The highest BCUT2D eigenvalue weighted by Crippen LogP contribution is 2.32. The number of hydrogen-bond acceptors (Lipinski definition) is 4. The van der Waals surface area contributed by atoms with Crippen LogP contribution in [0.25, 0.3) is 6.08 Å². The van der Waals surface area contributed by atoms with Gasteiger partial charge in [0.2, 0.25) is 5.91 Å². The Labute approximate surface area is 172 Å². The molecule has 28 heavy (non-hydrogen) atoms. The van der Waals surface area contributed by atoms with Gasteiger partial charge in [-0.05, 0) is 47.0 Å². The number of amides is 3. The highest BCUT2D eigenvalue weighted by Gasteiger charge is 2.36. The Morgan fingerprint density at radius 3 is 2.46 bits per heavy atom. The molecule has 0 bridgehead atoms. The zero-order valence-corrected chi connectivity index (χ0v) is 17.0. The number of hydrogen-bond donors (Lipinski definition) is 1. The molecule has 3 amide bonds. The lowest BCUT2D eigenvalue weighted by Crippen LogP contribution is -2.36. The number of rotatable bonds is 5. The van der Waals surface area contributed by atoms with Gasteiger partial charge in [-0.1, -0.05) is 61.8 Å². The minimum absolute atomic E-state index is 0.299. The maximum absolute atomic E-state index is 12.6. The van der Waals surface area contributed by atoms with Gasteiger partial charge in [0.1, 0.15) is 6.54 Å². The van der Waals surface area contributed by atoms with Crippen LogP contribution in [0.4, 0.5) is 10.5 Å². The van der Waals surface area contributed by atoms with Crippen molar-refractivity contribution in [1.82, 2.24) is 4.90 Å². The summed E-state index contributed by atoms with van der Waals surface area (Å²) in [6, 6.07) is 14.6. The molecule has 7 heteroatoms. The van der Waals surface area contributed by atoms with Crippen LogP contribution >= 0.6 is 23.4 Å². The fourth-order valence-electron chi connectivity index (χ4n) is 2.66. The number of para-hydroxylation sites is 1. The number of carbonyl (C=O) groups excluding carboxylic acids is 3. The van der Waals surface area contributed by atoms with Crippen LogP contribution in [0, 0.1) is 0 Å². The highest BCUT2D eigenvalue weighted by atomic mass is 35.5. The maximum atomic E-state index is 12.6. The molecule has 0 saturated carbocycles. The Morgan fingerprint density at radius 1 is 1.14 bits per heavy atom. The van der Waals surface area contributed by atoms with Crippen LogP contribution in [0.2, 0.25) is 5.02 Å². The highest BCUT2D eigenvalue weighted by molar-refractivity contribution is 8.18. The summed E-state index contributed by atoms with van der Waals surface area (Å²) in [5, 5.41) is 2.53. The molecule has 5 nitrogen and oxygen atoms in total. The maximum Gasteiger partial charge on any atom is 0.294 e. The van der Waals surface area contributed by atoms with E-state index >= 15 is 0 Å². The quantitative estimate of drug-likeness (QED) is 0.688. The average Bonchev–Trinajstić information content (AvgIpc) is 2.91. The van der Waals surface area contributed by atoms with E-state index in [0.717, 1.165) is 22.2 Å². The Bertz CT molecular complexity index is 954. The lowest BCUT2D eigenvalue weighted by atomic mass is 10.0. The number of thioether (sulfide) groups is 1. The molecule has 0 atom stereocenters. The van der Waals surface area contributed by atoms with E-state index in [2.05, 4.69) is 19.2 Å². The van der Waals surface area contributed by atoms with Crippen molar-refractivity contribution < 1.29 is 14.4 Å². The predicted molar refractivity (Wildman–Crippen MR) is 113 cm³/mol. The van der Waals surface area contributed by atoms with Crippen molar-refractivity contribution in [3.8, 4) is 0 Å². The lowest BCUT2D eigenvalue weighted by Gasteiger charge is -2.13. The fourth-order valence-corrected chi connectivity index (χ4v) is 3.68. The molecule has 144 valence electrons. The zero-order valence-electron chi connectivity index (χ0n) is 15.4. The van der Waals surface area contributed by atoms with Crippen LogP contribution in [0.5, 0.6) is 0 Å². The molecule has 2 aromatic rings. The van der Waals surface area contributed by atoms with E-state index in [9.17, 15) is 14.4 Å². The van der Waals surface area contributed by atoms with E-state index in [4.69, 9.17) is 11.6 Å². The molecule has 1 N–H and O–H groups in total. The normalized spacial score (nSPS) is 15.6. The third kappa shape index (κ3) is 4.64. The molecule has 2 aromatic carbocycles. The molecular weight excluding hydrogens is 396 g/mol. The predicted octanol–water partition coefficient (Wildman–Crippen LogP) is 5.14. The van der Waals surface area contributed by atoms with E-state index in [1.165, 1.54) is 5.56 Å². The fraction of sp³-hybridized carbons (Fsp3) is 0.190. The van der Waals surface area contributed by atoms with Gasteiger partial charge in [0, 0.05) is 0 Å². The van der Waals surface area contributed by atoms with Crippen LogP contribution in [0.15, 0.2) is 53.4 Å². The molecule has 0 radical (unpaired) electrons. The number of benzene rings is 2. The van der Waals surface area contributed by atoms with Gasteiger partial charge in [0.05, 0.1) is 15.6 Å². The first-order valence-electron chi connectivity index (χ1n) is 8.75. The monoisotopic (exact) mass is 414 g/mol. The summed E-state index contributed by atoms with van der Waals surface area (Å²) in [7, 11) is 0. The second kappa shape index (κ2) is 8.63. The zero-order chi connectivity index (χ0) is 20.3. The summed E-state index contributed by atoms with van der Waals surface area (Å²) in [5.41, 5.74) is 2.46. The minimum atomic E-state index is -0.488.